The Kier molecular flexibility index (Phi) is 6.96. The topological polar surface area (TPSA) is 95.9 Å². The van der Waals surface area contributed by atoms with Gasteiger partial charge in [0.2, 0.25) is 0 Å². The Balaban J connectivity index is 4.37. The maximum atomic E-state index is 11.7. The normalized spacial score (nSPS) is 10.9. The monoisotopic (exact) mass is 256 g/mol. The van der Waals surface area contributed by atoms with Crippen LogP contribution < -0.4 is 5.32 Å². The minimum atomic E-state index is -1.17. The summed E-state index contributed by atoms with van der Waals surface area (Å²) in [6, 6.07) is -1.11. The summed E-state index contributed by atoms with van der Waals surface area (Å²) >= 11 is 0. The van der Waals surface area contributed by atoms with Crippen molar-refractivity contribution in [1.82, 2.24) is 10.2 Å². The number of amides is 2. The van der Waals surface area contributed by atoms with Crippen LogP contribution in [0.1, 0.15) is 13.3 Å². The first-order valence-electron chi connectivity index (χ1n) is 5.18. The number of carboxylic acids is 1. The van der Waals surface area contributed by atoms with Crippen molar-refractivity contribution in [1.29, 1.82) is 0 Å². The molecule has 1 atom stereocenters. The van der Waals surface area contributed by atoms with Crippen molar-refractivity contribution in [2.75, 3.05) is 20.2 Å². The van der Waals surface area contributed by atoms with Crippen molar-refractivity contribution < 1.29 is 24.2 Å². The molecule has 0 heterocycles. The summed E-state index contributed by atoms with van der Waals surface area (Å²) in [5, 5.41) is 11.1. The molecule has 18 heavy (non-hydrogen) atoms. The number of carboxylic acid groups (broad SMARTS) is 1. The second-order valence-electron chi connectivity index (χ2n) is 3.58. The average molecular weight is 256 g/mol. The lowest BCUT2D eigenvalue weighted by Crippen LogP contribution is -2.46. The zero-order chi connectivity index (χ0) is 14.1. The van der Waals surface area contributed by atoms with Gasteiger partial charge in [-0.3, -0.25) is 9.59 Å². The molecule has 100 valence electrons. The van der Waals surface area contributed by atoms with Gasteiger partial charge in [-0.05, 0) is 6.92 Å². The fourth-order valence-electron chi connectivity index (χ4n) is 1.16. The number of ether oxygens (including phenoxy) is 1. The molecule has 0 aromatic carbocycles. The molecule has 0 aromatic heterocycles. The number of carbonyl (C=O) groups excluding carboxylic acids is 2. The molecule has 0 spiro atoms. The van der Waals surface area contributed by atoms with Crippen LogP contribution in [0.15, 0.2) is 0 Å². The van der Waals surface area contributed by atoms with Crippen LogP contribution >= 0.6 is 0 Å². The van der Waals surface area contributed by atoms with E-state index < -0.39 is 30.6 Å². The number of urea groups is 1. The Bertz CT molecular complexity index is 361. The summed E-state index contributed by atoms with van der Waals surface area (Å²) in [5.41, 5.74) is 0. The maximum absolute atomic E-state index is 11.7. The van der Waals surface area contributed by atoms with Crippen molar-refractivity contribution in [2.24, 2.45) is 0 Å². The van der Waals surface area contributed by atoms with Crippen molar-refractivity contribution >= 4 is 18.0 Å². The van der Waals surface area contributed by atoms with E-state index in [9.17, 15) is 14.4 Å². The first-order valence-corrected chi connectivity index (χ1v) is 5.18. The van der Waals surface area contributed by atoms with Crippen LogP contribution in [0, 0.1) is 12.3 Å². The highest BCUT2D eigenvalue weighted by Crippen LogP contribution is 1.96. The third-order valence-electron chi connectivity index (χ3n) is 1.97. The second kappa shape index (κ2) is 7.95. The number of nitrogens with zero attached hydrogens (tertiary/aromatic N) is 1. The summed E-state index contributed by atoms with van der Waals surface area (Å²) < 4.78 is 4.44. The average Bonchev–Trinajstić information content (AvgIpc) is 2.27. The van der Waals surface area contributed by atoms with Crippen LogP contribution in [0.3, 0.4) is 0 Å². The molecule has 7 heteroatoms. The zero-order valence-electron chi connectivity index (χ0n) is 10.3. The molecular weight excluding hydrogens is 240 g/mol. The summed E-state index contributed by atoms with van der Waals surface area (Å²) in [7, 11) is 1.24. The van der Waals surface area contributed by atoms with Gasteiger partial charge in [-0.1, -0.05) is 5.92 Å². The maximum Gasteiger partial charge on any atom is 0.323 e. The Morgan fingerprint density at radius 2 is 2.11 bits per heavy atom. The lowest BCUT2D eigenvalue weighted by Gasteiger charge is -2.21. The van der Waals surface area contributed by atoms with E-state index in [1.54, 1.807) is 6.92 Å². The molecule has 0 aliphatic rings. The van der Waals surface area contributed by atoms with Gasteiger partial charge in [-0.2, -0.15) is 0 Å². The number of nitrogens with one attached hydrogen (secondary N) is 1. The van der Waals surface area contributed by atoms with E-state index in [-0.39, 0.29) is 13.0 Å². The van der Waals surface area contributed by atoms with Gasteiger partial charge in [0.05, 0.1) is 20.1 Å². The molecule has 2 amide bonds. The molecule has 1 unspecified atom stereocenters. The zero-order valence-corrected chi connectivity index (χ0v) is 10.3. The molecule has 0 saturated heterocycles. The first-order chi connectivity index (χ1) is 8.40. The summed E-state index contributed by atoms with van der Waals surface area (Å²) in [5.74, 6) is 0.556. The van der Waals surface area contributed by atoms with Crippen LogP contribution in [0.5, 0.6) is 0 Å². The number of terminal acetylenes is 1. The van der Waals surface area contributed by atoms with Gasteiger partial charge in [0.15, 0.2) is 0 Å². The van der Waals surface area contributed by atoms with E-state index in [0.717, 1.165) is 4.90 Å². The van der Waals surface area contributed by atoms with Crippen LogP contribution in [-0.2, 0) is 14.3 Å². The molecule has 2 N–H and O–H groups in total. The smallest absolute Gasteiger partial charge is 0.323 e. The second-order valence-corrected chi connectivity index (χ2v) is 3.58. The van der Waals surface area contributed by atoms with E-state index in [1.807, 2.05) is 0 Å². The Morgan fingerprint density at radius 3 is 2.56 bits per heavy atom. The largest absolute Gasteiger partial charge is 0.480 e. The molecule has 0 rings (SSSR count). The molecule has 0 radical (unpaired) electrons. The Morgan fingerprint density at radius 1 is 1.50 bits per heavy atom. The van der Waals surface area contributed by atoms with E-state index in [1.165, 1.54) is 7.11 Å². The van der Waals surface area contributed by atoms with Gasteiger partial charge < -0.3 is 20.1 Å². The predicted molar refractivity (Wildman–Crippen MR) is 62.7 cm³/mol. The minimum Gasteiger partial charge on any atom is -0.480 e. The third kappa shape index (κ3) is 6.37. The minimum absolute atomic E-state index is 0.000789. The van der Waals surface area contributed by atoms with Gasteiger partial charge in [0.25, 0.3) is 0 Å². The fraction of sp³-hybridized carbons (Fsp3) is 0.545. The number of methoxy groups -OCH3 is 1. The Labute approximate surface area is 105 Å². The van der Waals surface area contributed by atoms with E-state index in [2.05, 4.69) is 16.0 Å². The summed E-state index contributed by atoms with van der Waals surface area (Å²) in [6.07, 6.45) is 5.04. The molecule has 0 saturated carbocycles. The first kappa shape index (κ1) is 15.8. The third-order valence-corrected chi connectivity index (χ3v) is 1.97. The van der Waals surface area contributed by atoms with E-state index in [0.29, 0.717) is 0 Å². The lowest BCUT2D eigenvalue weighted by atomic mass is 10.2. The highest BCUT2D eigenvalue weighted by molar-refractivity contribution is 5.81. The predicted octanol–water partition coefficient (Wildman–Crippen LogP) is -0.333. The van der Waals surface area contributed by atoms with Gasteiger partial charge in [0, 0.05) is 6.04 Å². The Hall–Kier alpha value is -2.23. The molecular formula is C11H16N2O5. The van der Waals surface area contributed by atoms with Crippen molar-refractivity contribution in [2.45, 2.75) is 19.4 Å². The molecule has 0 aromatic rings. The highest BCUT2D eigenvalue weighted by Gasteiger charge is 2.18. The summed E-state index contributed by atoms with van der Waals surface area (Å²) in [4.78, 5) is 34.1. The number of esters is 1. The quantitative estimate of drug-likeness (QED) is 0.501. The summed E-state index contributed by atoms with van der Waals surface area (Å²) in [6.45, 7) is 0.980. The van der Waals surface area contributed by atoms with E-state index in [4.69, 9.17) is 11.5 Å². The standard InChI is InChI=1S/C11H16N2O5/c1-4-5-13(7-9(14)15)11(17)12-8(2)6-10(16)18-3/h1,8H,5-7H2,2-3H3,(H,12,17)(H,14,15). The van der Waals surface area contributed by atoms with Crippen LogP contribution in [0.25, 0.3) is 0 Å². The number of carbonyl (C=O) groups is 3. The number of rotatable bonds is 6. The molecule has 0 aliphatic carbocycles. The molecule has 0 aliphatic heterocycles. The van der Waals surface area contributed by atoms with Crippen LogP contribution in [-0.4, -0.2) is 54.2 Å². The van der Waals surface area contributed by atoms with Crippen LogP contribution in [0.2, 0.25) is 0 Å². The van der Waals surface area contributed by atoms with Gasteiger partial charge >= 0.3 is 18.0 Å². The van der Waals surface area contributed by atoms with Crippen molar-refractivity contribution in [3.05, 3.63) is 0 Å². The van der Waals surface area contributed by atoms with Gasteiger partial charge in [-0.25, -0.2) is 4.79 Å². The number of aliphatic carboxylic acids is 1. The van der Waals surface area contributed by atoms with Gasteiger partial charge in [0.1, 0.15) is 6.54 Å². The fourth-order valence-corrected chi connectivity index (χ4v) is 1.16. The lowest BCUT2D eigenvalue weighted by molar-refractivity contribution is -0.141. The van der Waals surface area contributed by atoms with Crippen molar-refractivity contribution in [3.63, 3.8) is 0 Å². The molecule has 7 nitrogen and oxygen atoms in total. The number of hydrogen-bond acceptors (Lipinski definition) is 4. The van der Waals surface area contributed by atoms with Gasteiger partial charge in [-0.15, -0.1) is 6.42 Å². The SMILES string of the molecule is C#CCN(CC(=O)O)C(=O)NC(C)CC(=O)OC. The van der Waals surface area contributed by atoms with Crippen molar-refractivity contribution in [3.8, 4) is 12.3 Å². The van der Waals surface area contributed by atoms with Crippen LogP contribution in [0.4, 0.5) is 4.79 Å². The van der Waals surface area contributed by atoms with E-state index >= 15 is 0 Å². The number of hydrogen-bond donors (Lipinski definition) is 2. The molecule has 0 fully saturated rings. The molecule has 0 bridgehead atoms. The highest BCUT2D eigenvalue weighted by atomic mass is 16.5.